The molecule has 118 valence electrons. The number of benzene rings is 1. The Morgan fingerprint density at radius 3 is 2.74 bits per heavy atom. The Labute approximate surface area is 133 Å². The number of hydrogen-bond donors (Lipinski definition) is 2. The normalized spacial score (nSPS) is 14.4. The van der Waals surface area contributed by atoms with Gasteiger partial charge < -0.3 is 9.73 Å². The molecule has 1 aliphatic carbocycles. The first-order valence-electron chi connectivity index (χ1n) is 7.43. The lowest BCUT2D eigenvalue weighted by molar-refractivity contribution is -0.122. The van der Waals surface area contributed by atoms with Gasteiger partial charge in [0.2, 0.25) is 5.91 Å². The van der Waals surface area contributed by atoms with Crippen molar-refractivity contribution >= 4 is 23.2 Å². The van der Waals surface area contributed by atoms with Crippen LogP contribution in [-0.2, 0) is 4.79 Å². The minimum absolute atomic E-state index is 0.0355. The summed E-state index contributed by atoms with van der Waals surface area (Å²) in [6.07, 6.45) is 3.33. The number of carbonyl (C=O) groups excluding carboxylic acids is 2. The van der Waals surface area contributed by atoms with E-state index in [1.165, 1.54) is 6.26 Å². The molecule has 0 unspecified atom stereocenters. The van der Waals surface area contributed by atoms with E-state index < -0.39 is 0 Å². The molecule has 1 fully saturated rings. The second-order valence-corrected chi connectivity index (χ2v) is 5.46. The summed E-state index contributed by atoms with van der Waals surface area (Å²) < 4.78 is 5.06. The molecule has 0 saturated heterocycles. The summed E-state index contributed by atoms with van der Waals surface area (Å²) in [5.41, 5.74) is 4.70. The number of nitrogens with zero attached hydrogens (tertiary/aromatic N) is 1. The number of furan rings is 1. The number of hydrazone groups is 1. The van der Waals surface area contributed by atoms with Gasteiger partial charge >= 0.3 is 0 Å². The zero-order chi connectivity index (χ0) is 16.2. The molecule has 6 nitrogen and oxygen atoms in total. The number of amides is 2. The van der Waals surface area contributed by atoms with Crippen LogP contribution in [0.5, 0.6) is 0 Å². The van der Waals surface area contributed by atoms with Gasteiger partial charge in [-0.05, 0) is 49.6 Å². The number of nitrogens with one attached hydrogen (secondary N) is 2. The number of anilines is 1. The highest BCUT2D eigenvalue weighted by atomic mass is 16.3. The monoisotopic (exact) mass is 311 g/mol. The highest BCUT2D eigenvalue weighted by molar-refractivity contribution is 6.04. The fourth-order valence-corrected chi connectivity index (χ4v) is 2.06. The maximum atomic E-state index is 12.0. The molecule has 0 bridgehead atoms. The van der Waals surface area contributed by atoms with Crippen LogP contribution >= 0.6 is 0 Å². The van der Waals surface area contributed by atoms with Gasteiger partial charge in [0, 0.05) is 11.6 Å². The van der Waals surface area contributed by atoms with Crippen LogP contribution in [-0.4, -0.2) is 17.5 Å². The average Bonchev–Trinajstić information content (AvgIpc) is 3.26. The van der Waals surface area contributed by atoms with E-state index in [1.54, 1.807) is 31.2 Å². The molecular formula is C17H17N3O3. The third kappa shape index (κ3) is 3.85. The molecule has 1 aromatic heterocycles. The molecule has 1 heterocycles. The van der Waals surface area contributed by atoms with Crippen LogP contribution in [0.15, 0.2) is 52.2 Å². The predicted octanol–water partition coefficient (Wildman–Crippen LogP) is 2.78. The molecule has 23 heavy (non-hydrogen) atoms. The smallest absolute Gasteiger partial charge is 0.291 e. The van der Waals surface area contributed by atoms with Gasteiger partial charge in [-0.15, -0.1) is 0 Å². The molecule has 3 rings (SSSR count). The number of hydrogen-bond acceptors (Lipinski definition) is 4. The summed E-state index contributed by atoms with van der Waals surface area (Å²) in [7, 11) is 0. The Hall–Kier alpha value is -2.89. The third-order valence-electron chi connectivity index (χ3n) is 3.57. The molecule has 0 aliphatic heterocycles. The molecule has 2 aromatic rings. The van der Waals surface area contributed by atoms with E-state index in [0.29, 0.717) is 11.4 Å². The van der Waals surface area contributed by atoms with Crippen molar-refractivity contribution in [3.8, 4) is 0 Å². The van der Waals surface area contributed by atoms with E-state index >= 15 is 0 Å². The molecule has 0 radical (unpaired) electrons. The fraction of sp³-hybridized carbons (Fsp3) is 0.235. The lowest BCUT2D eigenvalue weighted by atomic mass is 10.1. The lowest BCUT2D eigenvalue weighted by Crippen LogP contribution is -2.20. The standard InChI is InChI=1S/C17H17N3O3/c1-11(19-20-16(21)12-7-8-12)13-4-2-5-14(10-13)18-17(22)15-6-3-9-23-15/h2-6,9-10,12H,7-8H2,1H3,(H,18,22)(H,20,21)/b19-11+. The SMILES string of the molecule is C/C(=N\NC(=O)C1CC1)c1cccc(NC(=O)c2ccco2)c1. The fourth-order valence-electron chi connectivity index (χ4n) is 2.06. The first kappa shape index (κ1) is 15.0. The first-order chi connectivity index (χ1) is 11.1. The molecule has 6 heteroatoms. The van der Waals surface area contributed by atoms with Crippen molar-refractivity contribution in [2.45, 2.75) is 19.8 Å². The second kappa shape index (κ2) is 6.48. The Morgan fingerprint density at radius 1 is 1.22 bits per heavy atom. The van der Waals surface area contributed by atoms with Crippen molar-refractivity contribution in [1.29, 1.82) is 0 Å². The van der Waals surface area contributed by atoms with Crippen LogP contribution in [0, 0.1) is 5.92 Å². The summed E-state index contributed by atoms with van der Waals surface area (Å²) >= 11 is 0. The van der Waals surface area contributed by atoms with Gasteiger partial charge in [-0.2, -0.15) is 5.10 Å². The molecule has 0 atom stereocenters. The first-order valence-corrected chi connectivity index (χ1v) is 7.43. The minimum Gasteiger partial charge on any atom is -0.459 e. The summed E-state index contributed by atoms with van der Waals surface area (Å²) in [6, 6.07) is 10.5. The highest BCUT2D eigenvalue weighted by Gasteiger charge is 2.29. The van der Waals surface area contributed by atoms with Crippen LogP contribution in [0.2, 0.25) is 0 Å². The summed E-state index contributed by atoms with van der Waals surface area (Å²) in [4.78, 5) is 23.6. The average molecular weight is 311 g/mol. The predicted molar refractivity (Wildman–Crippen MR) is 86.2 cm³/mol. The van der Waals surface area contributed by atoms with Crippen molar-refractivity contribution in [2.24, 2.45) is 11.0 Å². The van der Waals surface area contributed by atoms with Crippen LogP contribution in [0.4, 0.5) is 5.69 Å². The molecule has 1 aliphatic rings. The number of rotatable bonds is 5. The Kier molecular flexibility index (Phi) is 4.23. The van der Waals surface area contributed by atoms with E-state index in [-0.39, 0.29) is 23.5 Å². The second-order valence-electron chi connectivity index (χ2n) is 5.46. The Bertz CT molecular complexity index is 746. The highest BCUT2D eigenvalue weighted by Crippen LogP contribution is 2.28. The van der Waals surface area contributed by atoms with Crippen LogP contribution < -0.4 is 10.7 Å². The van der Waals surface area contributed by atoms with Crippen molar-refractivity contribution in [3.63, 3.8) is 0 Å². The van der Waals surface area contributed by atoms with E-state index in [2.05, 4.69) is 15.8 Å². The molecule has 1 saturated carbocycles. The van der Waals surface area contributed by atoms with E-state index in [0.717, 1.165) is 18.4 Å². The van der Waals surface area contributed by atoms with E-state index in [1.807, 2.05) is 12.1 Å². The zero-order valence-electron chi connectivity index (χ0n) is 12.7. The largest absolute Gasteiger partial charge is 0.459 e. The maximum Gasteiger partial charge on any atom is 0.291 e. The lowest BCUT2D eigenvalue weighted by Gasteiger charge is -2.06. The van der Waals surface area contributed by atoms with Gasteiger partial charge in [0.05, 0.1) is 12.0 Å². The van der Waals surface area contributed by atoms with Crippen molar-refractivity contribution in [1.82, 2.24) is 5.43 Å². The van der Waals surface area contributed by atoms with E-state index in [4.69, 9.17) is 4.42 Å². The van der Waals surface area contributed by atoms with Crippen LogP contribution in [0.25, 0.3) is 0 Å². The van der Waals surface area contributed by atoms with Gasteiger partial charge in [-0.3, -0.25) is 9.59 Å². The summed E-state index contributed by atoms with van der Waals surface area (Å²) in [5.74, 6) is 0.0124. The van der Waals surface area contributed by atoms with Crippen molar-refractivity contribution in [2.75, 3.05) is 5.32 Å². The van der Waals surface area contributed by atoms with Crippen LogP contribution in [0.1, 0.15) is 35.9 Å². The quantitative estimate of drug-likeness (QED) is 0.658. The van der Waals surface area contributed by atoms with Crippen LogP contribution in [0.3, 0.4) is 0 Å². The van der Waals surface area contributed by atoms with Gasteiger partial charge in [0.1, 0.15) is 0 Å². The molecular weight excluding hydrogens is 294 g/mol. The third-order valence-corrected chi connectivity index (χ3v) is 3.57. The summed E-state index contributed by atoms with van der Waals surface area (Å²) in [6.45, 7) is 1.81. The maximum absolute atomic E-state index is 12.0. The van der Waals surface area contributed by atoms with E-state index in [9.17, 15) is 9.59 Å². The Morgan fingerprint density at radius 2 is 2.04 bits per heavy atom. The summed E-state index contributed by atoms with van der Waals surface area (Å²) in [5, 5.41) is 6.87. The topological polar surface area (TPSA) is 83.7 Å². The van der Waals surface area contributed by atoms with Crippen molar-refractivity contribution < 1.29 is 14.0 Å². The van der Waals surface area contributed by atoms with Gasteiger partial charge in [0.15, 0.2) is 5.76 Å². The van der Waals surface area contributed by atoms with Crippen molar-refractivity contribution in [3.05, 3.63) is 54.0 Å². The Balaban J connectivity index is 1.67. The molecule has 2 amide bonds. The zero-order valence-corrected chi connectivity index (χ0v) is 12.7. The van der Waals surface area contributed by atoms with Gasteiger partial charge in [0.25, 0.3) is 5.91 Å². The molecule has 0 spiro atoms. The van der Waals surface area contributed by atoms with Gasteiger partial charge in [-0.1, -0.05) is 12.1 Å². The minimum atomic E-state index is -0.316. The molecule has 2 N–H and O–H groups in total. The number of carbonyl (C=O) groups is 2. The van der Waals surface area contributed by atoms with Gasteiger partial charge in [-0.25, -0.2) is 5.43 Å². The molecule has 1 aromatic carbocycles.